The van der Waals surface area contributed by atoms with E-state index in [1.54, 1.807) is 15.8 Å². The first-order valence-corrected chi connectivity index (χ1v) is 8.34. The third-order valence-electron chi connectivity index (χ3n) is 4.70. The number of rotatable bonds is 4. The van der Waals surface area contributed by atoms with Crippen LogP contribution in [0.2, 0.25) is 0 Å². The largest absolute Gasteiger partial charge is 0.357 e. The first-order valence-electron chi connectivity index (χ1n) is 8.34. The molecule has 26 heavy (non-hydrogen) atoms. The second-order valence-electron chi connectivity index (χ2n) is 6.40. The number of hydrogen-bond donors (Lipinski definition) is 2. The summed E-state index contributed by atoms with van der Waals surface area (Å²) >= 11 is 0. The number of likely N-dealkylation sites (tertiary alicyclic amines) is 1. The number of carbonyl (C=O) groups is 1. The highest BCUT2D eigenvalue weighted by atomic mass is 16.2. The summed E-state index contributed by atoms with van der Waals surface area (Å²) in [4.78, 5) is 38.7. The van der Waals surface area contributed by atoms with E-state index in [0.29, 0.717) is 13.1 Å². The molecule has 2 N–H and O–H groups in total. The Morgan fingerprint density at radius 2 is 2.27 bits per heavy atom. The van der Waals surface area contributed by atoms with E-state index >= 15 is 0 Å². The molecule has 0 spiro atoms. The van der Waals surface area contributed by atoms with Crippen molar-refractivity contribution >= 4 is 22.8 Å². The van der Waals surface area contributed by atoms with Crippen molar-refractivity contribution in [3.05, 3.63) is 28.8 Å². The number of likely N-dealkylation sites (N-methyl/N-ethyl adjacent to an activating group) is 1. The average molecular weight is 357 g/mol. The maximum atomic E-state index is 12.6. The lowest BCUT2D eigenvalue weighted by molar-refractivity contribution is 0.0728. The van der Waals surface area contributed by atoms with Crippen LogP contribution in [0.5, 0.6) is 0 Å². The zero-order valence-electron chi connectivity index (χ0n) is 14.5. The SMILES string of the molecule is CN(CC1CCCN1C(=O)c1n[nH]c(=O)[nH]1)c1ncnc2c1cnn2C. The van der Waals surface area contributed by atoms with E-state index in [4.69, 9.17) is 0 Å². The minimum Gasteiger partial charge on any atom is -0.357 e. The van der Waals surface area contributed by atoms with Gasteiger partial charge in [0.1, 0.15) is 12.1 Å². The zero-order chi connectivity index (χ0) is 18.3. The molecule has 136 valence electrons. The lowest BCUT2D eigenvalue weighted by Gasteiger charge is -2.28. The second kappa shape index (κ2) is 6.24. The Morgan fingerprint density at radius 3 is 3.04 bits per heavy atom. The van der Waals surface area contributed by atoms with Gasteiger partial charge in [-0.1, -0.05) is 0 Å². The van der Waals surface area contributed by atoms with Crippen LogP contribution in [-0.4, -0.2) is 71.9 Å². The molecule has 1 unspecified atom stereocenters. The smallest absolute Gasteiger partial charge is 0.341 e. The number of amides is 1. The van der Waals surface area contributed by atoms with Crippen LogP contribution in [0.15, 0.2) is 17.3 Å². The second-order valence-corrected chi connectivity index (χ2v) is 6.40. The van der Waals surface area contributed by atoms with Crippen LogP contribution in [0, 0.1) is 0 Å². The molecule has 0 bridgehead atoms. The van der Waals surface area contributed by atoms with Gasteiger partial charge in [0.05, 0.1) is 11.6 Å². The number of H-pyrrole nitrogens is 2. The monoisotopic (exact) mass is 357 g/mol. The number of aromatic amines is 2. The molecule has 4 rings (SSSR count). The fraction of sp³-hybridized carbons (Fsp3) is 0.467. The molecule has 11 nitrogen and oxygen atoms in total. The minimum atomic E-state index is -0.485. The van der Waals surface area contributed by atoms with Crippen LogP contribution in [0.1, 0.15) is 23.5 Å². The Kier molecular flexibility index (Phi) is 3.90. The summed E-state index contributed by atoms with van der Waals surface area (Å²) in [6, 6.07) is 0.00869. The number of nitrogens with zero attached hydrogens (tertiary/aromatic N) is 7. The van der Waals surface area contributed by atoms with Crippen LogP contribution in [0.25, 0.3) is 11.0 Å². The summed E-state index contributed by atoms with van der Waals surface area (Å²) in [5.74, 6) is 0.547. The van der Waals surface area contributed by atoms with E-state index in [0.717, 1.165) is 29.7 Å². The highest BCUT2D eigenvalue weighted by molar-refractivity contribution is 5.91. The van der Waals surface area contributed by atoms with Crippen molar-refractivity contribution in [1.82, 2.24) is 39.8 Å². The summed E-state index contributed by atoms with van der Waals surface area (Å²) < 4.78 is 1.70. The summed E-state index contributed by atoms with van der Waals surface area (Å²) in [7, 11) is 3.77. The normalized spacial score (nSPS) is 17.2. The first kappa shape index (κ1) is 16.2. The quantitative estimate of drug-likeness (QED) is 0.645. The summed E-state index contributed by atoms with van der Waals surface area (Å²) in [5.41, 5.74) is 0.275. The molecule has 1 fully saturated rings. The van der Waals surface area contributed by atoms with E-state index < -0.39 is 5.69 Å². The van der Waals surface area contributed by atoms with Gasteiger partial charge in [-0.25, -0.2) is 19.9 Å². The predicted molar refractivity (Wildman–Crippen MR) is 92.8 cm³/mol. The minimum absolute atomic E-state index is 0.00869. The average Bonchev–Trinajstić information content (AvgIpc) is 3.35. The Balaban J connectivity index is 1.55. The fourth-order valence-electron chi connectivity index (χ4n) is 3.46. The summed E-state index contributed by atoms with van der Waals surface area (Å²) in [6.07, 6.45) is 5.05. The molecule has 1 aliphatic heterocycles. The Hall–Kier alpha value is -3.24. The number of hydrogen-bond acceptors (Lipinski definition) is 7. The Bertz CT molecular complexity index is 1000. The van der Waals surface area contributed by atoms with Crippen molar-refractivity contribution in [2.24, 2.45) is 7.05 Å². The Labute approximate surface area is 148 Å². The van der Waals surface area contributed by atoms with Crippen LogP contribution in [0.3, 0.4) is 0 Å². The number of fused-ring (bicyclic) bond motifs is 1. The standard InChI is InChI=1S/C15H19N9O2/c1-22(12-10-6-18-23(2)13(10)17-8-16-12)7-9-4-3-5-24(9)14(25)11-19-15(26)21-20-11/h6,8-9H,3-5,7H2,1-2H3,(H2,19,20,21,26). The molecule has 0 saturated carbocycles. The number of nitrogens with one attached hydrogen (secondary N) is 2. The van der Waals surface area contributed by atoms with Crippen LogP contribution >= 0.6 is 0 Å². The number of carbonyl (C=O) groups excluding carboxylic acids is 1. The van der Waals surface area contributed by atoms with Crippen molar-refractivity contribution in [2.45, 2.75) is 18.9 Å². The fourth-order valence-corrected chi connectivity index (χ4v) is 3.46. The van der Waals surface area contributed by atoms with Crippen molar-refractivity contribution in [3.63, 3.8) is 0 Å². The van der Waals surface area contributed by atoms with Gasteiger partial charge in [0.2, 0.25) is 5.82 Å². The molecular weight excluding hydrogens is 338 g/mol. The Morgan fingerprint density at radius 1 is 1.42 bits per heavy atom. The molecule has 1 aliphatic rings. The van der Waals surface area contributed by atoms with Gasteiger partial charge in [0.15, 0.2) is 5.65 Å². The number of aryl methyl sites for hydroxylation is 1. The molecule has 4 heterocycles. The van der Waals surface area contributed by atoms with Gasteiger partial charge in [-0.3, -0.25) is 14.5 Å². The molecule has 1 amide bonds. The van der Waals surface area contributed by atoms with Gasteiger partial charge < -0.3 is 9.80 Å². The molecule has 0 radical (unpaired) electrons. The third-order valence-corrected chi connectivity index (χ3v) is 4.70. The number of aromatic nitrogens is 7. The van der Waals surface area contributed by atoms with Crippen molar-refractivity contribution < 1.29 is 4.79 Å². The van der Waals surface area contributed by atoms with Crippen molar-refractivity contribution in [3.8, 4) is 0 Å². The van der Waals surface area contributed by atoms with Crippen molar-refractivity contribution in [1.29, 1.82) is 0 Å². The zero-order valence-corrected chi connectivity index (χ0v) is 14.5. The number of anilines is 1. The lowest BCUT2D eigenvalue weighted by atomic mass is 10.2. The molecular formula is C15H19N9O2. The highest BCUT2D eigenvalue weighted by Crippen LogP contribution is 2.25. The van der Waals surface area contributed by atoms with Gasteiger partial charge in [-0.15, -0.1) is 5.10 Å². The van der Waals surface area contributed by atoms with Crippen LogP contribution in [0.4, 0.5) is 5.82 Å². The molecule has 1 atom stereocenters. The summed E-state index contributed by atoms with van der Waals surface area (Å²) in [6.45, 7) is 1.25. The first-order chi connectivity index (χ1) is 12.5. The molecule has 3 aromatic rings. The molecule has 0 aliphatic carbocycles. The molecule has 3 aromatic heterocycles. The maximum Gasteiger partial charge on any atom is 0.341 e. The predicted octanol–water partition coefficient (Wildman–Crippen LogP) is -0.484. The van der Waals surface area contributed by atoms with Gasteiger partial charge >= 0.3 is 5.69 Å². The van der Waals surface area contributed by atoms with E-state index in [-0.39, 0.29) is 17.8 Å². The van der Waals surface area contributed by atoms with Crippen LogP contribution in [-0.2, 0) is 7.05 Å². The van der Waals surface area contributed by atoms with E-state index in [1.165, 1.54) is 6.33 Å². The molecule has 0 aromatic carbocycles. The summed E-state index contributed by atoms with van der Waals surface area (Å²) in [5, 5.41) is 11.1. The van der Waals surface area contributed by atoms with E-state index in [2.05, 4.69) is 30.2 Å². The molecule has 1 saturated heterocycles. The van der Waals surface area contributed by atoms with Gasteiger partial charge in [-0.05, 0) is 12.8 Å². The topological polar surface area (TPSA) is 129 Å². The van der Waals surface area contributed by atoms with Gasteiger partial charge in [0.25, 0.3) is 5.91 Å². The third kappa shape index (κ3) is 2.70. The van der Waals surface area contributed by atoms with Gasteiger partial charge in [0, 0.05) is 33.2 Å². The van der Waals surface area contributed by atoms with Crippen LogP contribution < -0.4 is 10.6 Å². The lowest BCUT2D eigenvalue weighted by Crippen LogP contribution is -2.43. The maximum absolute atomic E-state index is 12.6. The van der Waals surface area contributed by atoms with E-state index in [1.807, 2.05) is 19.0 Å². The van der Waals surface area contributed by atoms with E-state index in [9.17, 15) is 9.59 Å². The van der Waals surface area contributed by atoms with Gasteiger partial charge in [-0.2, -0.15) is 5.10 Å². The highest BCUT2D eigenvalue weighted by Gasteiger charge is 2.32. The molecule has 11 heteroatoms. The van der Waals surface area contributed by atoms with Crippen molar-refractivity contribution in [2.75, 3.05) is 25.0 Å².